The number of ether oxygens (including phenoxy) is 1. The van der Waals surface area contributed by atoms with E-state index in [4.69, 9.17) is 4.74 Å². The Morgan fingerprint density at radius 3 is 2.05 bits per heavy atom. The molecule has 3 aromatic carbocycles. The van der Waals surface area contributed by atoms with Gasteiger partial charge in [-0.25, -0.2) is 35.2 Å². The first kappa shape index (κ1) is 41.5. The molecular formula is C39H35F8N3O6S. The number of anilines is 1. The van der Waals surface area contributed by atoms with Gasteiger partial charge in [-0.05, 0) is 84.0 Å². The summed E-state index contributed by atoms with van der Waals surface area (Å²) in [7, 11) is -6.07. The summed E-state index contributed by atoms with van der Waals surface area (Å²) in [5.74, 6) is -16.2. The molecule has 9 nitrogen and oxygen atoms in total. The van der Waals surface area contributed by atoms with Crippen molar-refractivity contribution in [1.29, 1.82) is 0 Å². The number of nitrogens with zero attached hydrogens (tertiary/aromatic N) is 3. The van der Waals surface area contributed by atoms with Crippen molar-refractivity contribution in [3.8, 4) is 5.75 Å². The van der Waals surface area contributed by atoms with Gasteiger partial charge in [0, 0.05) is 6.20 Å². The number of carbonyl (C=O) groups is 2. The Hall–Kier alpha value is -5.10. The molecule has 1 aromatic heterocycles. The van der Waals surface area contributed by atoms with Gasteiger partial charge in [-0.1, -0.05) is 39.0 Å². The van der Waals surface area contributed by atoms with Crippen molar-refractivity contribution < 1.29 is 63.0 Å². The lowest BCUT2D eigenvalue weighted by molar-refractivity contribution is -0.138. The van der Waals surface area contributed by atoms with E-state index in [1.54, 1.807) is 6.07 Å². The van der Waals surface area contributed by atoms with E-state index in [-0.39, 0.29) is 39.9 Å². The lowest BCUT2D eigenvalue weighted by atomic mass is 9.84. The van der Waals surface area contributed by atoms with E-state index in [2.05, 4.69) is 4.98 Å². The minimum absolute atomic E-state index is 0.103. The van der Waals surface area contributed by atoms with E-state index >= 15 is 8.78 Å². The standard InChI is InChI=1S/C39H35F8N3O6S/c1-38(2,3)24-14-20(13-23(15-24)21-6-7-21)17-50(28-11-8-22(37(52)53)16-29(28)56-25-9-10-25)30(51)19-49(18-27-26(39(45,46)47)5-4-12-48-27)57(54,55)36-34(43)32(41)31(40)33(42)35(36)44/h4-5,8,11-16,21,25H,6-7,9-10,17-19H2,1-3H3,(H,52,53). The second-order valence-corrected chi connectivity index (χ2v) is 16.8. The summed E-state index contributed by atoms with van der Waals surface area (Å²) in [6.07, 6.45) is -1.78. The van der Waals surface area contributed by atoms with Crippen molar-refractivity contribution in [2.75, 3.05) is 11.4 Å². The second kappa shape index (κ2) is 15.3. The number of sulfonamides is 1. The van der Waals surface area contributed by atoms with Gasteiger partial charge in [-0.15, -0.1) is 0 Å². The Bertz CT molecular complexity index is 2330. The molecule has 304 valence electrons. The molecule has 2 aliphatic carbocycles. The summed E-state index contributed by atoms with van der Waals surface area (Å²) < 4.78 is 149. The normalized spacial score (nSPS) is 14.9. The minimum Gasteiger partial charge on any atom is -0.488 e. The number of hydrogen-bond donors (Lipinski definition) is 1. The van der Waals surface area contributed by atoms with Gasteiger partial charge in [0.1, 0.15) is 5.75 Å². The smallest absolute Gasteiger partial charge is 0.418 e. The largest absolute Gasteiger partial charge is 0.488 e. The number of benzene rings is 3. The molecule has 18 heteroatoms. The van der Waals surface area contributed by atoms with Crippen LogP contribution < -0.4 is 9.64 Å². The molecule has 2 aliphatic rings. The zero-order valence-corrected chi connectivity index (χ0v) is 31.4. The molecule has 0 aliphatic heterocycles. The van der Waals surface area contributed by atoms with Crippen molar-refractivity contribution >= 4 is 27.6 Å². The molecule has 1 amide bonds. The molecule has 2 fully saturated rings. The van der Waals surface area contributed by atoms with E-state index in [0.717, 1.165) is 53.3 Å². The number of hydrogen-bond acceptors (Lipinski definition) is 6. The fourth-order valence-corrected chi connectivity index (χ4v) is 7.57. The van der Waals surface area contributed by atoms with Crippen molar-refractivity contribution in [2.24, 2.45) is 0 Å². The second-order valence-electron chi connectivity index (χ2n) is 14.9. The van der Waals surface area contributed by atoms with Crippen LogP contribution in [0.2, 0.25) is 0 Å². The van der Waals surface area contributed by atoms with Crippen LogP contribution in [0.15, 0.2) is 59.6 Å². The summed E-state index contributed by atoms with van der Waals surface area (Å²) in [5.41, 5.74) is -1.05. The summed E-state index contributed by atoms with van der Waals surface area (Å²) in [6, 6.07) is 10.5. The number of alkyl halides is 3. The van der Waals surface area contributed by atoms with Crippen LogP contribution in [-0.4, -0.2) is 47.3 Å². The molecule has 57 heavy (non-hydrogen) atoms. The van der Waals surface area contributed by atoms with Crippen molar-refractivity contribution in [3.05, 3.63) is 117 Å². The lowest BCUT2D eigenvalue weighted by Crippen LogP contribution is -2.43. The zero-order valence-electron chi connectivity index (χ0n) is 30.6. The third kappa shape index (κ3) is 8.91. The molecule has 0 unspecified atom stereocenters. The molecule has 2 saturated carbocycles. The number of amides is 1. The topological polar surface area (TPSA) is 117 Å². The van der Waals surface area contributed by atoms with Crippen molar-refractivity contribution in [2.45, 2.75) is 88.1 Å². The van der Waals surface area contributed by atoms with E-state index in [9.17, 15) is 49.5 Å². The van der Waals surface area contributed by atoms with Crippen LogP contribution >= 0.6 is 0 Å². The number of rotatable bonds is 13. The van der Waals surface area contributed by atoms with E-state index in [0.29, 0.717) is 24.5 Å². The summed E-state index contributed by atoms with van der Waals surface area (Å²) >= 11 is 0. The van der Waals surface area contributed by atoms with Crippen LogP contribution in [-0.2, 0) is 39.5 Å². The van der Waals surface area contributed by atoms with Gasteiger partial charge < -0.3 is 14.7 Å². The number of aromatic carboxylic acids is 1. The fraction of sp³-hybridized carbons (Fsp3) is 0.359. The SMILES string of the molecule is CC(C)(C)c1cc(CN(C(=O)CN(Cc2ncccc2C(F)(F)F)S(=O)(=O)c2c(F)c(F)c(F)c(F)c2F)c2ccc(C(=O)O)cc2OC2CC2)cc(C2CC2)c1. The maximum absolute atomic E-state index is 15.2. The quantitative estimate of drug-likeness (QED) is 0.0815. The Balaban J connectivity index is 1.52. The Kier molecular flexibility index (Phi) is 11.2. The molecule has 6 rings (SSSR count). The van der Waals surface area contributed by atoms with Gasteiger partial charge in [0.2, 0.25) is 21.7 Å². The van der Waals surface area contributed by atoms with Gasteiger partial charge in [0.15, 0.2) is 28.2 Å². The number of carboxylic acids is 1. The summed E-state index contributed by atoms with van der Waals surface area (Å²) in [6.45, 7) is 2.43. The molecular weight excluding hydrogens is 790 g/mol. The number of halogens is 8. The number of carbonyl (C=O) groups excluding carboxylic acids is 1. The fourth-order valence-electron chi connectivity index (χ4n) is 6.11. The molecule has 0 atom stereocenters. The van der Waals surface area contributed by atoms with Gasteiger partial charge in [-0.2, -0.15) is 17.5 Å². The molecule has 1 heterocycles. The third-order valence-electron chi connectivity index (χ3n) is 9.49. The predicted molar refractivity (Wildman–Crippen MR) is 188 cm³/mol. The first-order valence-electron chi connectivity index (χ1n) is 17.6. The third-order valence-corrected chi connectivity index (χ3v) is 11.3. The molecule has 0 saturated heterocycles. The molecule has 4 aromatic rings. The van der Waals surface area contributed by atoms with Crippen molar-refractivity contribution in [3.63, 3.8) is 0 Å². The minimum atomic E-state index is -6.07. The molecule has 0 spiro atoms. The summed E-state index contributed by atoms with van der Waals surface area (Å²) in [4.78, 5) is 28.8. The highest BCUT2D eigenvalue weighted by Crippen LogP contribution is 2.43. The first-order chi connectivity index (χ1) is 26.6. The van der Waals surface area contributed by atoms with Crippen LogP contribution in [0.1, 0.15) is 90.7 Å². The van der Waals surface area contributed by atoms with E-state index < -0.39 is 91.8 Å². The first-order valence-corrected chi connectivity index (χ1v) is 19.0. The predicted octanol–water partition coefficient (Wildman–Crippen LogP) is 8.63. The lowest BCUT2D eigenvalue weighted by Gasteiger charge is -2.30. The van der Waals surface area contributed by atoms with Gasteiger partial charge in [-0.3, -0.25) is 9.78 Å². The van der Waals surface area contributed by atoms with Crippen LogP contribution in [0.5, 0.6) is 5.75 Å². The maximum Gasteiger partial charge on any atom is 0.418 e. The molecule has 0 bridgehead atoms. The highest BCUT2D eigenvalue weighted by atomic mass is 32.2. The molecule has 0 radical (unpaired) electrons. The van der Waals surface area contributed by atoms with Crippen LogP contribution in [0.4, 0.5) is 40.8 Å². The number of aromatic nitrogens is 1. The van der Waals surface area contributed by atoms with Gasteiger partial charge >= 0.3 is 12.1 Å². The maximum atomic E-state index is 15.2. The average Bonchev–Trinajstić information content (AvgIpc) is 4.07. The highest BCUT2D eigenvalue weighted by Gasteiger charge is 2.41. The number of pyridine rings is 1. The summed E-state index contributed by atoms with van der Waals surface area (Å²) in [5, 5.41) is 9.73. The Morgan fingerprint density at radius 2 is 1.49 bits per heavy atom. The van der Waals surface area contributed by atoms with E-state index in [1.807, 2.05) is 32.9 Å². The number of carboxylic acid groups (broad SMARTS) is 1. The van der Waals surface area contributed by atoms with Crippen molar-refractivity contribution in [1.82, 2.24) is 9.29 Å². The van der Waals surface area contributed by atoms with Crippen LogP contribution in [0.25, 0.3) is 0 Å². The monoisotopic (exact) mass is 825 g/mol. The van der Waals surface area contributed by atoms with Crippen LogP contribution in [0.3, 0.4) is 0 Å². The van der Waals surface area contributed by atoms with Crippen LogP contribution in [0, 0.1) is 29.1 Å². The van der Waals surface area contributed by atoms with Gasteiger partial charge in [0.05, 0.1) is 48.2 Å². The average molecular weight is 826 g/mol. The van der Waals surface area contributed by atoms with Gasteiger partial charge in [0.25, 0.3) is 0 Å². The Morgan fingerprint density at radius 1 is 0.860 bits per heavy atom. The highest BCUT2D eigenvalue weighted by molar-refractivity contribution is 7.89. The molecule has 1 N–H and O–H groups in total. The Labute approximate surface area is 321 Å². The zero-order chi connectivity index (χ0) is 41.8. The van der Waals surface area contributed by atoms with E-state index in [1.165, 1.54) is 6.07 Å².